The van der Waals surface area contributed by atoms with E-state index in [1.165, 1.54) is 18.2 Å². The van der Waals surface area contributed by atoms with Gasteiger partial charge in [-0.3, -0.25) is 4.72 Å². The van der Waals surface area contributed by atoms with Crippen molar-refractivity contribution in [3.05, 3.63) is 57.8 Å². The number of rotatable bonds is 4. The van der Waals surface area contributed by atoms with E-state index in [4.69, 9.17) is 28.3 Å². The fourth-order valence-electron chi connectivity index (χ4n) is 1.63. The third kappa shape index (κ3) is 3.47. The highest BCUT2D eigenvalue weighted by molar-refractivity contribution is 7.92. The average Bonchev–Trinajstić information content (AvgIpc) is 2.44. The lowest BCUT2D eigenvalue weighted by atomic mass is 10.2. The van der Waals surface area contributed by atoms with E-state index >= 15 is 0 Å². The summed E-state index contributed by atoms with van der Waals surface area (Å²) in [7, 11) is -3.97. The molecule has 2 aromatic carbocycles. The smallest absolute Gasteiger partial charge is 0.261 e. The zero-order valence-corrected chi connectivity index (χ0v) is 12.8. The number of benzene rings is 2. The number of hydrogen-bond donors (Lipinski definition) is 2. The van der Waals surface area contributed by atoms with Gasteiger partial charge in [0.1, 0.15) is 5.82 Å². The van der Waals surface area contributed by atoms with Crippen molar-refractivity contribution >= 4 is 38.9 Å². The Morgan fingerprint density at radius 1 is 1.19 bits per heavy atom. The summed E-state index contributed by atoms with van der Waals surface area (Å²) in [6.07, 6.45) is 0. The second-order valence-electron chi connectivity index (χ2n) is 4.12. The number of sulfonamides is 1. The van der Waals surface area contributed by atoms with E-state index in [1.807, 2.05) is 0 Å². The SMILES string of the molecule is O=S(=O)(Nc1cccc(Cl)c1Cl)c1ccc(F)c(CO)c1. The molecule has 0 heterocycles. The van der Waals surface area contributed by atoms with Crippen LogP contribution in [0, 0.1) is 5.82 Å². The van der Waals surface area contributed by atoms with Gasteiger partial charge in [0.05, 0.1) is 27.2 Å². The van der Waals surface area contributed by atoms with E-state index in [1.54, 1.807) is 0 Å². The van der Waals surface area contributed by atoms with Gasteiger partial charge in [-0.15, -0.1) is 0 Å². The molecular weight excluding hydrogens is 340 g/mol. The van der Waals surface area contributed by atoms with Crippen molar-refractivity contribution in [3.63, 3.8) is 0 Å². The maximum atomic E-state index is 13.3. The number of aliphatic hydroxyl groups excluding tert-OH is 1. The average molecular weight is 350 g/mol. The Balaban J connectivity index is 2.41. The maximum absolute atomic E-state index is 13.3. The molecule has 21 heavy (non-hydrogen) atoms. The van der Waals surface area contributed by atoms with Crippen LogP contribution in [0.15, 0.2) is 41.3 Å². The van der Waals surface area contributed by atoms with Gasteiger partial charge in [0.25, 0.3) is 10.0 Å². The summed E-state index contributed by atoms with van der Waals surface area (Å²) in [5.74, 6) is -0.683. The highest BCUT2D eigenvalue weighted by Crippen LogP contribution is 2.31. The molecule has 0 atom stereocenters. The van der Waals surface area contributed by atoms with Crippen LogP contribution < -0.4 is 4.72 Å². The van der Waals surface area contributed by atoms with Crippen molar-refractivity contribution in [2.75, 3.05) is 4.72 Å². The Bertz CT molecular complexity index is 781. The molecule has 0 saturated carbocycles. The van der Waals surface area contributed by atoms with Gasteiger partial charge in [-0.25, -0.2) is 12.8 Å². The zero-order valence-electron chi connectivity index (χ0n) is 10.5. The molecule has 8 heteroatoms. The van der Waals surface area contributed by atoms with E-state index in [0.29, 0.717) is 0 Å². The van der Waals surface area contributed by atoms with Gasteiger partial charge in [-0.05, 0) is 30.3 Å². The second kappa shape index (κ2) is 6.19. The Kier molecular flexibility index (Phi) is 4.73. The van der Waals surface area contributed by atoms with Crippen molar-refractivity contribution < 1.29 is 17.9 Å². The standard InChI is InChI=1S/C13H10Cl2FNO3S/c14-10-2-1-3-12(13(10)15)17-21(19,20)9-4-5-11(16)8(6-9)7-18/h1-6,17-18H,7H2. The monoisotopic (exact) mass is 349 g/mol. The largest absolute Gasteiger partial charge is 0.392 e. The fourth-order valence-corrected chi connectivity index (χ4v) is 3.15. The Morgan fingerprint density at radius 3 is 2.57 bits per heavy atom. The number of anilines is 1. The minimum absolute atomic E-state index is 0.0623. The minimum Gasteiger partial charge on any atom is -0.392 e. The first-order valence-corrected chi connectivity index (χ1v) is 7.95. The normalized spacial score (nSPS) is 11.4. The van der Waals surface area contributed by atoms with Crippen molar-refractivity contribution in [2.24, 2.45) is 0 Å². The van der Waals surface area contributed by atoms with Crippen molar-refractivity contribution in [1.82, 2.24) is 0 Å². The van der Waals surface area contributed by atoms with Crippen molar-refractivity contribution in [3.8, 4) is 0 Å². The second-order valence-corrected chi connectivity index (χ2v) is 6.59. The van der Waals surface area contributed by atoms with Gasteiger partial charge in [0.15, 0.2) is 0 Å². The number of hydrogen-bond acceptors (Lipinski definition) is 3. The van der Waals surface area contributed by atoms with Gasteiger partial charge in [-0.2, -0.15) is 0 Å². The topological polar surface area (TPSA) is 66.4 Å². The molecule has 2 aromatic rings. The molecule has 0 aliphatic heterocycles. The Labute approximate surface area is 131 Å². The summed E-state index contributed by atoms with van der Waals surface area (Å²) in [5, 5.41) is 9.25. The van der Waals surface area contributed by atoms with E-state index in [9.17, 15) is 12.8 Å². The van der Waals surface area contributed by atoms with E-state index in [-0.39, 0.29) is 26.2 Å². The Morgan fingerprint density at radius 2 is 1.90 bits per heavy atom. The van der Waals surface area contributed by atoms with Gasteiger partial charge < -0.3 is 5.11 Å². The third-order valence-corrected chi connectivity index (χ3v) is 4.88. The molecule has 0 amide bonds. The first-order chi connectivity index (χ1) is 9.85. The molecule has 0 aliphatic carbocycles. The summed E-state index contributed by atoms with van der Waals surface area (Å²) in [4.78, 5) is -0.191. The molecule has 0 spiro atoms. The molecule has 0 aliphatic rings. The molecule has 4 nitrogen and oxygen atoms in total. The summed E-state index contributed by atoms with van der Waals surface area (Å²) in [6, 6.07) is 7.62. The summed E-state index contributed by atoms with van der Waals surface area (Å²) >= 11 is 11.7. The third-order valence-electron chi connectivity index (χ3n) is 2.69. The minimum atomic E-state index is -3.97. The van der Waals surface area contributed by atoms with Crippen LogP contribution in [0.2, 0.25) is 10.0 Å². The molecule has 0 fully saturated rings. The van der Waals surface area contributed by atoms with Crippen LogP contribution in [0.4, 0.5) is 10.1 Å². The number of halogens is 3. The molecule has 2 N–H and O–H groups in total. The van der Waals surface area contributed by atoms with Crippen LogP contribution in [0.1, 0.15) is 5.56 Å². The summed E-state index contributed by atoms with van der Waals surface area (Å²) < 4.78 is 40.0. The summed E-state index contributed by atoms with van der Waals surface area (Å²) in [5.41, 5.74) is -0.00546. The van der Waals surface area contributed by atoms with Crippen LogP contribution in [0.5, 0.6) is 0 Å². The molecule has 0 bridgehead atoms. The predicted molar refractivity (Wildman–Crippen MR) is 79.6 cm³/mol. The molecule has 2 rings (SSSR count). The molecule has 0 aromatic heterocycles. The quantitative estimate of drug-likeness (QED) is 0.888. The lowest BCUT2D eigenvalue weighted by molar-refractivity contribution is 0.275. The van der Waals surface area contributed by atoms with Crippen molar-refractivity contribution in [1.29, 1.82) is 0 Å². The van der Waals surface area contributed by atoms with Crippen LogP contribution >= 0.6 is 23.2 Å². The van der Waals surface area contributed by atoms with Gasteiger partial charge in [0.2, 0.25) is 0 Å². The van der Waals surface area contributed by atoms with Gasteiger partial charge in [0, 0.05) is 5.56 Å². The van der Waals surface area contributed by atoms with Crippen LogP contribution in [-0.4, -0.2) is 13.5 Å². The highest BCUT2D eigenvalue weighted by atomic mass is 35.5. The van der Waals surface area contributed by atoms with Crippen LogP contribution in [0.3, 0.4) is 0 Å². The van der Waals surface area contributed by atoms with E-state index in [2.05, 4.69) is 4.72 Å². The molecule has 112 valence electrons. The molecule has 0 saturated heterocycles. The van der Waals surface area contributed by atoms with Crippen LogP contribution in [-0.2, 0) is 16.6 Å². The van der Waals surface area contributed by atoms with Crippen molar-refractivity contribution in [2.45, 2.75) is 11.5 Å². The lowest BCUT2D eigenvalue weighted by Crippen LogP contribution is -2.14. The van der Waals surface area contributed by atoms with E-state index in [0.717, 1.165) is 18.2 Å². The highest BCUT2D eigenvalue weighted by Gasteiger charge is 2.18. The number of nitrogens with one attached hydrogen (secondary N) is 1. The molecular formula is C13H10Cl2FNO3S. The lowest BCUT2D eigenvalue weighted by Gasteiger charge is -2.11. The summed E-state index contributed by atoms with van der Waals surface area (Å²) in [6.45, 7) is -0.604. The maximum Gasteiger partial charge on any atom is 0.261 e. The fraction of sp³-hybridized carbons (Fsp3) is 0.0769. The molecule has 0 unspecified atom stereocenters. The van der Waals surface area contributed by atoms with E-state index < -0.39 is 22.4 Å². The predicted octanol–water partition coefficient (Wildman–Crippen LogP) is 3.43. The van der Waals surface area contributed by atoms with Gasteiger partial charge in [-0.1, -0.05) is 29.3 Å². The number of aliphatic hydroxyl groups is 1. The molecule has 0 radical (unpaired) electrons. The van der Waals surface area contributed by atoms with Crippen LogP contribution in [0.25, 0.3) is 0 Å². The Hall–Kier alpha value is -1.34. The first-order valence-electron chi connectivity index (χ1n) is 5.71. The zero-order chi connectivity index (χ0) is 15.6. The first kappa shape index (κ1) is 16.0. The van der Waals surface area contributed by atoms with Gasteiger partial charge >= 0.3 is 0 Å².